The van der Waals surface area contributed by atoms with Crippen LogP contribution in [0.3, 0.4) is 0 Å². The second-order valence-corrected chi connectivity index (χ2v) is 5.34. The van der Waals surface area contributed by atoms with Crippen LogP contribution in [-0.4, -0.2) is 39.4 Å². The monoisotopic (exact) mass is 311 g/mol. The van der Waals surface area contributed by atoms with E-state index < -0.39 is 5.72 Å². The second kappa shape index (κ2) is 2.98. The number of alkyl halides is 1. The lowest BCUT2D eigenvalue weighted by atomic mass is 9.96. The Hall–Kier alpha value is -0.0400. The second-order valence-electron chi connectivity index (χ2n) is 4.45. The number of nitrogens with zero attached hydrogens (tertiary/aromatic N) is 1. The first-order valence-corrected chi connectivity index (χ1v) is 6.15. The topological polar surface area (TPSA) is 38.8 Å². The Labute approximate surface area is 97.1 Å². The van der Waals surface area contributed by atoms with E-state index in [0.29, 0.717) is 6.61 Å². The number of hydrogen-bond donors (Lipinski definition) is 0. The lowest BCUT2D eigenvalue weighted by molar-refractivity contribution is -0.0387. The molecular formula is C9H14INO3. The molecule has 0 bridgehead atoms. The average Bonchev–Trinajstić information content (AvgIpc) is 2.48. The van der Waals surface area contributed by atoms with Crippen molar-refractivity contribution in [1.82, 2.24) is 4.90 Å². The van der Waals surface area contributed by atoms with Gasteiger partial charge in [-0.1, -0.05) is 22.6 Å². The first kappa shape index (κ1) is 10.5. The molecule has 0 spiro atoms. The average molecular weight is 311 g/mol. The van der Waals surface area contributed by atoms with Gasteiger partial charge in [0.25, 0.3) is 0 Å². The number of amides is 1. The summed E-state index contributed by atoms with van der Waals surface area (Å²) in [6.45, 7) is 6.37. The smallest absolute Gasteiger partial charge is 0.413 e. The summed E-state index contributed by atoms with van der Waals surface area (Å²) in [7, 11) is 0. The molecule has 0 radical (unpaired) electrons. The molecule has 14 heavy (non-hydrogen) atoms. The highest BCUT2D eigenvalue weighted by atomic mass is 127. The molecule has 2 aliphatic rings. The van der Waals surface area contributed by atoms with Crippen LogP contribution in [0.1, 0.15) is 20.8 Å². The summed E-state index contributed by atoms with van der Waals surface area (Å²) in [5, 5.41) is 0. The molecule has 2 heterocycles. The van der Waals surface area contributed by atoms with Crippen LogP contribution in [0.25, 0.3) is 0 Å². The van der Waals surface area contributed by atoms with Crippen LogP contribution in [0, 0.1) is 0 Å². The first-order chi connectivity index (χ1) is 6.42. The summed E-state index contributed by atoms with van der Waals surface area (Å²) in [5.74, 6) is 0. The molecule has 5 heteroatoms. The van der Waals surface area contributed by atoms with E-state index >= 15 is 0 Å². The van der Waals surface area contributed by atoms with Gasteiger partial charge >= 0.3 is 6.09 Å². The van der Waals surface area contributed by atoms with E-state index in [2.05, 4.69) is 22.6 Å². The Morgan fingerprint density at radius 1 is 1.57 bits per heavy atom. The third kappa shape index (κ3) is 1.18. The van der Waals surface area contributed by atoms with Crippen LogP contribution in [-0.2, 0) is 9.47 Å². The van der Waals surface area contributed by atoms with E-state index in [1.165, 1.54) is 0 Å². The van der Waals surface area contributed by atoms with Crippen molar-refractivity contribution in [3.05, 3.63) is 0 Å². The quantitative estimate of drug-likeness (QED) is 0.547. The van der Waals surface area contributed by atoms with Gasteiger partial charge in [-0.3, -0.25) is 4.90 Å². The number of ether oxygens (including phenoxy) is 2. The van der Waals surface area contributed by atoms with Crippen molar-refractivity contribution in [2.24, 2.45) is 0 Å². The highest BCUT2D eigenvalue weighted by Gasteiger charge is 2.61. The first-order valence-electron chi connectivity index (χ1n) is 4.63. The van der Waals surface area contributed by atoms with Crippen LogP contribution in [0.4, 0.5) is 4.79 Å². The molecule has 0 aromatic rings. The fourth-order valence-corrected chi connectivity index (χ4v) is 3.36. The highest BCUT2D eigenvalue weighted by molar-refractivity contribution is 14.1. The maximum absolute atomic E-state index is 11.7. The summed E-state index contributed by atoms with van der Waals surface area (Å²) in [6, 6.07) is 0. The largest absolute Gasteiger partial charge is 0.443 e. The lowest BCUT2D eigenvalue weighted by Gasteiger charge is -2.32. The summed E-state index contributed by atoms with van der Waals surface area (Å²) >= 11 is 2.24. The molecule has 4 nitrogen and oxygen atoms in total. The van der Waals surface area contributed by atoms with Gasteiger partial charge in [-0.05, 0) is 20.8 Å². The molecule has 0 aromatic heterocycles. The number of hydrogen-bond acceptors (Lipinski definition) is 3. The lowest BCUT2D eigenvalue weighted by Crippen LogP contribution is -2.52. The van der Waals surface area contributed by atoms with Crippen molar-refractivity contribution in [3.63, 3.8) is 0 Å². The SMILES string of the molecule is CC1(C)OC[C@@]2(C)[C@H](CI)OC(=O)N12. The predicted molar refractivity (Wildman–Crippen MR) is 59.4 cm³/mol. The minimum atomic E-state index is -0.535. The standard InChI is InChI=1S/C9H14INO3/c1-8(2)11-7(12)14-6(4-10)9(11,3)5-13-8/h6H,4-5H2,1-3H3/t6-,9-/m0/s1. The van der Waals surface area contributed by atoms with E-state index in [1.54, 1.807) is 4.90 Å². The van der Waals surface area contributed by atoms with Crippen LogP contribution in [0.5, 0.6) is 0 Å². The van der Waals surface area contributed by atoms with Crippen molar-refractivity contribution in [3.8, 4) is 0 Å². The Morgan fingerprint density at radius 3 is 2.79 bits per heavy atom. The van der Waals surface area contributed by atoms with Gasteiger partial charge in [0, 0.05) is 4.43 Å². The molecule has 1 amide bonds. The van der Waals surface area contributed by atoms with Crippen LogP contribution >= 0.6 is 22.6 Å². The third-order valence-corrected chi connectivity index (χ3v) is 3.83. The van der Waals surface area contributed by atoms with Crippen LogP contribution in [0.15, 0.2) is 0 Å². The highest BCUT2D eigenvalue weighted by Crippen LogP contribution is 2.43. The van der Waals surface area contributed by atoms with E-state index in [4.69, 9.17) is 9.47 Å². The van der Waals surface area contributed by atoms with E-state index in [9.17, 15) is 4.79 Å². The third-order valence-electron chi connectivity index (χ3n) is 3.03. The van der Waals surface area contributed by atoms with Crippen molar-refractivity contribution < 1.29 is 14.3 Å². The van der Waals surface area contributed by atoms with Crippen molar-refractivity contribution in [2.45, 2.75) is 38.1 Å². The van der Waals surface area contributed by atoms with Gasteiger partial charge in [-0.15, -0.1) is 0 Å². The molecule has 0 saturated carbocycles. The molecule has 2 rings (SSSR count). The van der Waals surface area contributed by atoms with Gasteiger partial charge in [-0.2, -0.15) is 0 Å². The summed E-state index contributed by atoms with van der Waals surface area (Å²) in [5.41, 5.74) is -0.825. The molecule has 80 valence electrons. The Balaban J connectivity index is 2.37. The van der Waals surface area contributed by atoms with Crippen molar-refractivity contribution in [1.29, 1.82) is 0 Å². The maximum atomic E-state index is 11.7. The Bertz CT molecular complexity index is 281. The van der Waals surface area contributed by atoms with Crippen LogP contribution in [0.2, 0.25) is 0 Å². The zero-order valence-corrected chi connectivity index (χ0v) is 10.7. The molecule has 0 aromatic carbocycles. The molecule has 0 unspecified atom stereocenters. The summed E-state index contributed by atoms with van der Waals surface area (Å²) < 4.78 is 11.8. The molecule has 0 N–H and O–H groups in total. The summed E-state index contributed by atoms with van der Waals surface area (Å²) in [4.78, 5) is 13.4. The van der Waals surface area contributed by atoms with E-state index in [0.717, 1.165) is 4.43 Å². The normalized spacial score (nSPS) is 39.9. The minimum Gasteiger partial charge on any atom is -0.443 e. The van der Waals surface area contributed by atoms with E-state index in [1.807, 2.05) is 20.8 Å². The minimum absolute atomic E-state index is 0.0580. The van der Waals surface area contributed by atoms with E-state index in [-0.39, 0.29) is 17.7 Å². The molecule has 0 aliphatic carbocycles. The van der Waals surface area contributed by atoms with Gasteiger partial charge in [0.15, 0.2) is 0 Å². The number of cyclic esters (lactones) is 1. The maximum Gasteiger partial charge on any atom is 0.413 e. The van der Waals surface area contributed by atoms with Gasteiger partial charge in [0.2, 0.25) is 0 Å². The number of halogens is 1. The molecule has 2 atom stereocenters. The number of fused-ring (bicyclic) bond motifs is 1. The fourth-order valence-electron chi connectivity index (χ4n) is 2.23. The summed E-state index contributed by atoms with van der Waals surface area (Å²) in [6.07, 6.45) is -0.311. The van der Waals surface area contributed by atoms with Crippen LogP contribution < -0.4 is 0 Å². The van der Waals surface area contributed by atoms with Crippen molar-refractivity contribution in [2.75, 3.05) is 11.0 Å². The van der Waals surface area contributed by atoms with Gasteiger partial charge < -0.3 is 9.47 Å². The number of carbonyl (C=O) groups excluding carboxylic acids is 1. The van der Waals surface area contributed by atoms with Gasteiger partial charge in [-0.25, -0.2) is 4.79 Å². The van der Waals surface area contributed by atoms with Crippen molar-refractivity contribution >= 4 is 28.7 Å². The number of carbonyl (C=O) groups is 1. The van der Waals surface area contributed by atoms with Gasteiger partial charge in [0.05, 0.1) is 6.61 Å². The van der Waals surface area contributed by atoms with Gasteiger partial charge in [0.1, 0.15) is 17.4 Å². The predicted octanol–water partition coefficient (Wildman–Crippen LogP) is 1.77. The molecule has 2 fully saturated rings. The Morgan fingerprint density at radius 2 is 2.21 bits per heavy atom. The zero-order valence-electron chi connectivity index (χ0n) is 8.54. The Kier molecular flexibility index (Phi) is 2.23. The molecule has 2 aliphatic heterocycles. The number of rotatable bonds is 1. The molecule has 2 saturated heterocycles. The fraction of sp³-hybridized carbons (Fsp3) is 0.889. The molecular weight excluding hydrogens is 297 g/mol. The zero-order chi connectivity index (χ0) is 10.6.